The van der Waals surface area contributed by atoms with Crippen LogP contribution in [-0.2, 0) is 4.79 Å². The Hall–Kier alpha value is -1.27. The van der Waals surface area contributed by atoms with E-state index in [9.17, 15) is 4.79 Å². The average Bonchev–Trinajstić information content (AvgIpc) is 2.17. The molecular formula is C9H8BrClN2O3. The lowest BCUT2D eigenvalue weighted by Gasteiger charge is -2.10. The maximum atomic E-state index is 11.2. The maximum absolute atomic E-state index is 11.2. The fourth-order valence-corrected chi connectivity index (χ4v) is 2.05. The number of ether oxygens (including phenoxy) is 1. The van der Waals surface area contributed by atoms with Gasteiger partial charge in [-0.15, -0.1) is 0 Å². The van der Waals surface area contributed by atoms with Crippen LogP contribution in [0.2, 0.25) is 5.02 Å². The number of nitrogens with zero attached hydrogens (tertiary/aromatic N) is 1. The summed E-state index contributed by atoms with van der Waals surface area (Å²) in [5.74, 6) is -0.154. The normalized spacial score (nSPS) is 10.4. The van der Waals surface area contributed by atoms with Gasteiger partial charge >= 0.3 is 0 Å². The SMILES string of the molecule is COc1c(Br)cc(Cl)cc1NC(=O)C=NO. The van der Waals surface area contributed by atoms with Crippen LogP contribution in [0.15, 0.2) is 21.8 Å². The smallest absolute Gasteiger partial charge is 0.270 e. The third-order valence-electron chi connectivity index (χ3n) is 1.65. The van der Waals surface area contributed by atoms with Crippen LogP contribution in [-0.4, -0.2) is 24.4 Å². The first-order valence-electron chi connectivity index (χ1n) is 4.10. The van der Waals surface area contributed by atoms with E-state index in [-0.39, 0.29) is 0 Å². The van der Waals surface area contributed by atoms with Gasteiger partial charge in [0.15, 0.2) is 5.75 Å². The first-order chi connectivity index (χ1) is 7.58. The first kappa shape index (κ1) is 12.8. The molecule has 16 heavy (non-hydrogen) atoms. The van der Waals surface area contributed by atoms with Crippen LogP contribution >= 0.6 is 27.5 Å². The number of rotatable bonds is 3. The van der Waals surface area contributed by atoms with Crippen LogP contribution in [0.25, 0.3) is 0 Å². The Bertz CT molecular complexity index is 437. The number of methoxy groups -OCH3 is 1. The second-order valence-electron chi connectivity index (χ2n) is 2.70. The monoisotopic (exact) mass is 306 g/mol. The number of hydrogen-bond acceptors (Lipinski definition) is 4. The molecule has 1 aromatic carbocycles. The lowest BCUT2D eigenvalue weighted by Crippen LogP contribution is -2.13. The molecule has 0 heterocycles. The van der Waals surface area contributed by atoms with E-state index < -0.39 is 5.91 Å². The van der Waals surface area contributed by atoms with Gasteiger partial charge in [0, 0.05) is 5.02 Å². The number of benzene rings is 1. The third kappa shape index (κ3) is 3.11. The van der Waals surface area contributed by atoms with Gasteiger partial charge in [-0.2, -0.15) is 0 Å². The fourth-order valence-electron chi connectivity index (χ4n) is 1.08. The highest BCUT2D eigenvalue weighted by Gasteiger charge is 2.11. The van der Waals surface area contributed by atoms with E-state index in [1.54, 1.807) is 6.07 Å². The molecule has 2 N–H and O–H groups in total. The van der Waals surface area contributed by atoms with Gasteiger partial charge in [0.1, 0.15) is 6.21 Å². The molecule has 1 rings (SSSR count). The van der Waals surface area contributed by atoms with Crippen LogP contribution in [0, 0.1) is 0 Å². The number of hydrogen-bond donors (Lipinski definition) is 2. The Labute approximate surface area is 105 Å². The van der Waals surface area contributed by atoms with Crippen molar-refractivity contribution in [2.24, 2.45) is 5.16 Å². The van der Waals surface area contributed by atoms with E-state index in [0.29, 0.717) is 20.9 Å². The minimum atomic E-state index is -0.588. The molecule has 0 spiro atoms. The molecule has 0 radical (unpaired) electrons. The van der Waals surface area contributed by atoms with Crippen molar-refractivity contribution in [3.8, 4) is 5.75 Å². The van der Waals surface area contributed by atoms with Gasteiger partial charge < -0.3 is 15.3 Å². The number of oxime groups is 1. The molecule has 0 bridgehead atoms. The summed E-state index contributed by atoms with van der Waals surface area (Å²) in [6.07, 6.45) is 0.730. The fraction of sp³-hybridized carbons (Fsp3) is 0.111. The Morgan fingerprint density at radius 3 is 2.94 bits per heavy atom. The summed E-state index contributed by atoms with van der Waals surface area (Å²) in [6.45, 7) is 0. The summed E-state index contributed by atoms with van der Waals surface area (Å²) in [7, 11) is 1.46. The Morgan fingerprint density at radius 2 is 2.38 bits per heavy atom. The molecule has 0 aliphatic carbocycles. The molecule has 0 aromatic heterocycles. The Balaban J connectivity index is 3.07. The van der Waals surface area contributed by atoms with E-state index in [2.05, 4.69) is 26.4 Å². The maximum Gasteiger partial charge on any atom is 0.270 e. The van der Waals surface area contributed by atoms with Gasteiger partial charge in [0.25, 0.3) is 5.91 Å². The van der Waals surface area contributed by atoms with E-state index in [1.807, 2.05) is 0 Å². The van der Waals surface area contributed by atoms with Gasteiger partial charge in [-0.3, -0.25) is 4.79 Å². The summed E-state index contributed by atoms with van der Waals surface area (Å²) in [5.41, 5.74) is 0.381. The van der Waals surface area contributed by atoms with Gasteiger partial charge in [0.2, 0.25) is 0 Å². The molecule has 5 nitrogen and oxygen atoms in total. The van der Waals surface area contributed by atoms with Crippen LogP contribution in [0.5, 0.6) is 5.75 Å². The number of amides is 1. The predicted octanol–water partition coefficient (Wildman–Crippen LogP) is 2.51. The largest absolute Gasteiger partial charge is 0.493 e. The van der Waals surface area contributed by atoms with Crippen LogP contribution < -0.4 is 10.1 Å². The van der Waals surface area contributed by atoms with Gasteiger partial charge in [-0.05, 0) is 28.1 Å². The van der Waals surface area contributed by atoms with Gasteiger partial charge in [-0.25, -0.2) is 0 Å². The van der Waals surface area contributed by atoms with Crippen molar-refractivity contribution in [3.63, 3.8) is 0 Å². The number of carbonyl (C=O) groups is 1. The molecule has 1 amide bonds. The van der Waals surface area contributed by atoms with E-state index in [1.165, 1.54) is 13.2 Å². The number of nitrogens with one attached hydrogen (secondary N) is 1. The first-order valence-corrected chi connectivity index (χ1v) is 5.27. The number of halogens is 2. The van der Waals surface area contributed by atoms with Crippen molar-refractivity contribution >= 4 is 45.3 Å². The van der Waals surface area contributed by atoms with Crippen molar-refractivity contribution in [3.05, 3.63) is 21.6 Å². The van der Waals surface area contributed by atoms with Crippen LogP contribution in [0.1, 0.15) is 0 Å². The van der Waals surface area contributed by atoms with E-state index in [0.717, 1.165) is 6.21 Å². The second-order valence-corrected chi connectivity index (χ2v) is 3.99. The van der Waals surface area contributed by atoms with Gasteiger partial charge in [0.05, 0.1) is 17.3 Å². The highest BCUT2D eigenvalue weighted by Crippen LogP contribution is 2.36. The minimum absolute atomic E-state index is 0.381. The predicted molar refractivity (Wildman–Crippen MR) is 64.6 cm³/mol. The lowest BCUT2D eigenvalue weighted by atomic mass is 10.3. The molecule has 86 valence electrons. The van der Waals surface area contributed by atoms with Crippen molar-refractivity contribution in [1.82, 2.24) is 0 Å². The summed E-state index contributed by atoms with van der Waals surface area (Å²) >= 11 is 9.06. The molecule has 0 aliphatic heterocycles. The lowest BCUT2D eigenvalue weighted by molar-refractivity contribution is -0.110. The zero-order chi connectivity index (χ0) is 12.1. The van der Waals surface area contributed by atoms with Crippen LogP contribution in [0.3, 0.4) is 0 Å². The van der Waals surface area contributed by atoms with E-state index in [4.69, 9.17) is 21.5 Å². The summed E-state index contributed by atoms with van der Waals surface area (Å²) in [5, 5.41) is 13.7. The molecule has 1 aromatic rings. The topological polar surface area (TPSA) is 70.9 Å². The molecular weight excluding hydrogens is 299 g/mol. The molecule has 0 atom stereocenters. The molecule has 0 fully saturated rings. The standard InChI is InChI=1S/C9H8BrClN2O3/c1-16-9-6(10)2-5(11)3-7(9)13-8(14)4-12-15/h2-4,15H,1H3,(H,13,14). The minimum Gasteiger partial charge on any atom is -0.493 e. The molecule has 7 heteroatoms. The summed E-state index contributed by atoms with van der Waals surface area (Å²) < 4.78 is 5.69. The van der Waals surface area contributed by atoms with Crippen molar-refractivity contribution < 1.29 is 14.7 Å². The molecule has 0 saturated heterocycles. The number of anilines is 1. The van der Waals surface area contributed by atoms with Crippen LogP contribution in [0.4, 0.5) is 5.69 Å². The van der Waals surface area contributed by atoms with Crippen molar-refractivity contribution in [2.45, 2.75) is 0 Å². The van der Waals surface area contributed by atoms with Crippen molar-refractivity contribution in [1.29, 1.82) is 0 Å². The summed E-state index contributed by atoms with van der Waals surface area (Å²) in [4.78, 5) is 11.2. The van der Waals surface area contributed by atoms with E-state index >= 15 is 0 Å². The zero-order valence-corrected chi connectivity index (χ0v) is 10.5. The molecule has 0 saturated carbocycles. The highest BCUT2D eigenvalue weighted by atomic mass is 79.9. The molecule has 0 aliphatic rings. The second kappa shape index (κ2) is 5.72. The quantitative estimate of drug-likeness (QED) is 0.512. The third-order valence-corrected chi connectivity index (χ3v) is 2.45. The highest BCUT2D eigenvalue weighted by molar-refractivity contribution is 9.10. The Kier molecular flexibility index (Phi) is 4.57. The average molecular weight is 308 g/mol. The molecule has 0 unspecified atom stereocenters. The summed E-state index contributed by atoms with van der Waals surface area (Å²) in [6, 6.07) is 3.16. The van der Waals surface area contributed by atoms with Crippen molar-refractivity contribution in [2.75, 3.05) is 12.4 Å². The zero-order valence-electron chi connectivity index (χ0n) is 8.20. The number of carbonyl (C=O) groups excluding carboxylic acids is 1. The van der Waals surface area contributed by atoms with Gasteiger partial charge in [-0.1, -0.05) is 16.8 Å². The Morgan fingerprint density at radius 1 is 1.69 bits per heavy atom.